The van der Waals surface area contributed by atoms with Crippen LogP contribution in [0.5, 0.6) is 0 Å². The Kier molecular flexibility index (Phi) is 4.91. The zero-order valence-corrected chi connectivity index (χ0v) is 5.42. The monoisotopic (exact) mass is 133 g/mol. The second-order valence-electron chi connectivity index (χ2n) is 1.41. The highest BCUT2D eigenvalue weighted by atomic mass is 16.7. The molecule has 0 bridgehead atoms. The van der Waals surface area contributed by atoms with Crippen molar-refractivity contribution >= 4 is 6.16 Å². The normalized spacial score (nSPS) is 8.67. The van der Waals surface area contributed by atoms with Gasteiger partial charge in [0.15, 0.2) is 0 Å². The molecule has 0 aliphatic carbocycles. The number of rotatable bonds is 3. The van der Waals surface area contributed by atoms with Gasteiger partial charge in [0.2, 0.25) is 0 Å². The molecule has 0 aromatic heterocycles. The summed E-state index contributed by atoms with van der Waals surface area (Å²) in [5, 5.41) is 0. The summed E-state index contributed by atoms with van der Waals surface area (Å²) >= 11 is 0. The molecule has 0 saturated carbocycles. The Bertz CT molecular complexity index is 84.3. The van der Waals surface area contributed by atoms with E-state index in [1.54, 1.807) is 0 Å². The van der Waals surface area contributed by atoms with E-state index in [0.717, 1.165) is 6.42 Å². The topological polar surface area (TPSA) is 61.5 Å². The van der Waals surface area contributed by atoms with Crippen LogP contribution in [0.25, 0.3) is 0 Å². The van der Waals surface area contributed by atoms with Gasteiger partial charge in [-0.05, 0) is 6.42 Å². The molecule has 4 nitrogen and oxygen atoms in total. The molecule has 0 aromatic rings. The summed E-state index contributed by atoms with van der Waals surface area (Å²) in [7, 11) is 0. The maximum Gasteiger partial charge on any atom is 0.509 e. The van der Waals surface area contributed by atoms with Crippen molar-refractivity contribution in [2.75, 3.05) is 13.3 Å². The number of hydrogen-bond donors (Lipinski definition) is 1. The van der Waals surface area contributed by atoms with Crippen LogP contribution in [0.1, 0.15) is 13.3 Å². The number of carbonyl (C=O) groups is 1. The third-order valence-electron chi connectivity index (χ3n) is 0.625. The Hall–Kier alpha value is -0.770. The van der Waals surface area contributed by atoms with E-state index in [4.69, 9.17) is 5.73 Å². The fourth-order valence-corrected chi connectivity index (χ4v) is 0.295. The molecule has 0 saturated heterocycles. The van der Waals surface area contributed by atoms with Crippen molar-refractivity contribution in [3.05, 3.63) is 0 Å². The van der Waals surface area contributed by atoms with Crippen LogP contribution in [0.4, 0.5) is 4.79 Å². The SMILES string of the molecule is CCCOC(=O)OCN. The van der Waals surface area contributed by atoms with E-state index in [1.807, 2.05) is 6.92 Å². The lowest BCUT2D eigenvalue weighted by molar-refractivity contribution is 0.0572. The first-order valence-electron chi connectivity index (χ1n) is 2.81. The minimum atomic E-state index is -0.695. The molecule has 2 N–H and O–H groups in total. The summed E-state index contributed by atoms with van der Waals surface area (Å²) in [4.78, 5) is 10.3. The summed E-state index contributed by atoms with van der Waals surface area (Å²) in [6.45, 7) is 2.16. The lowest BCUT2D eigenvalue weighted by Crippen LogP contribution is -2.13. The number of nitrogens with two attached hydrogens (primary N) is 1. The lowest BCUT2D eigenvalue weighted by atomic mass is 10.5. The van der Waals surface area contributed by atoms with Crippen LogP contribution in [-0.2, 0) is 9.47 Å². The molecule has 0 atom stereocenters. The summed E-state index contributed by atoms with van der Waals surface area (Å²) in [6, 6.07) is 0. The second-order valence-corrected chi connectivity index (χ2v) is 1.41. The van der Waals surface area contributed by atoms with Gasteiger partial charge in [-0.1, -0.05) is 6.92 Å². The molecule has 0 spiro atoms. The molecule has 9 heavy (non-hydrogen) atoms. The predicted octanol–water partition coefficient (Wildman–Crippen LogP) is 0.466. The van der Waals surface area contributed by atoms with Crippen LogP contribution in [0.15, 0.2) is 0 Å². The second kappa shape index (κ2) is 5.37. The molecule has 0 rings (SSSR count). The standard InChI is InChI=1S/C5H11NO3/c1-2-3-8-5(7)9-4-6/h2-4,6H2,1H3. The van der Waals surface area contributed by atoms with E-state index in [9.17, 15) is 4.79 Å². The van der Waals surface area contributed by atoms with Crippen LogP contribution < -0.4 is 5.73 Å². The first-order chi connectivity index (χ1) is 4.31. The van der Waals surface area contributed by atoms with Crippen molar-refractivity contribution in [3.8, 4) is 0 Å². The molecule has 0 radical (unpaired) electrons. The van der Waals surface area contributed by atoms with Gasteiger partial charge in [0.25, 0.3) is 0 Å². The maximum absolute atomic E-state index is 10.3. The van der Waals surface area contributed by atoms with Crippen LogP contribution in [-0.4, -0.2) is 19.5 Å². The lowest BCUT2D eigenvalue weighted by Gasteiger charge is -2.00. The summed E-state index contributed by atoms with van der Waals surface area (Å²) in [6.07, 6.45) is 0.0963. The van der Waals surface area contributed by atoms with Gasteiger partial charge in [-0.15, -0.1) is 0 Å². The Morgan fingerprint density at radius 3 is 2.67 bits per heavy atom. The highest BCUT2D eigenvalue weighted by Gasteiger charge is 1.98. The summed E-state index contributed by atoms with van der Waals surface area (Å²) in [5.41, 5.74) is 4.88. The van der Waals surface area contributed by atoms with Gasteiger partial charge in [0, 0.05) is 0 Å². The summed E-state index contributed by atoms with van der Waals surface area (Å²) < 4.78 is 8.75. The first kappa shape index (κ1) is 8.23. The average molecular weight is 133 g/mol. The fourth-order valence-electron chi connectivity index (χ4n) is 0.295. The third kappa shape index (κ3) is 5.10. The molecule has 0 aliphatic heterocycles. The van der Waals surface area contributed by atoms with Crippen molar-refractivity contribution in [1.29, 1.82) is 0 Å². The van der Waals surface area contributed by atoms with Gasteiger partial charge in [0.05, 0.1) is 6.61 Å². The summed E-state index contributed by atoms with van der Waals surface area (Å²) in [5.74, 6) is 0. The minimum Gasteiger partial charge on any atom is -0.434 e. The van der Waals surface area contributed by atoms with Crippen molar-refractivity contribution < 1.29 is 14.3 Å². The van der Waals surface area contributed by atoms with Crippen molar-refractivity contribution in [2.45, 2.75) is 13.3 Å². The van der Waals surface area contributed by atoms with Gasteiger partial charge in [-0.2, -0.15) is 0 Å². The van der Waals surface area contributed by atoms with E-state index in [-0.39, 0.29) is 6.73 Å². The molecule has 0 heterocycles. The molecule has 0 unspecified atom stereocenters. The molecular formula is C5H11NO3. The van der Waals surface area contributed by atoms with Crippen molar-refractivity contribution in [2.24, 2.45) is 5.73 Å². The smallest absolute Gasteiger partial charge is 0.434 e. The van der Waals surface area contributed by atoms with Crippen LogP contribution in [0.2, 0.25) is 0 Å². The zero-order chi connectivity index (χ0) is 7.11. The molecule has 0 fully saturated rings. The van der Waals surface area contributed by atoms with Gasteiger partial charge in [0.1, 0.15) is 6.73 Å². The van der Waals surface area contributed by atoms with E-state index in [1.165, 1.54) is 0 Å². The van der Waals surface area contributed by atoms with Gasteiger partial charge in [-0.3, -0.25) is 5.73 Å². The number of ether oxygens (including phenoxy) is 2. The van der Waals surface area contributed by atoms with E-state index >= 15 is 0 Å². The number of hydrogen-bond acceptors (Lipinski definition) is 4. The van der Waals surface area contributed by atoms with E-state index < -0.39 is 6.16 Å². The van der Waals surface area contributed by atoms with E-state index in [2.05, 4.69) is 9.47 Å². The molecule has 0 amide bonds. The fraction of sp³-hybridized carbons (Fsp3) is 0.800. The molecule has 4 heteroatoms. The molecule has 0 aromatic carbocycles. The maximum atomic E-state index is 10.3. The molecule has 0 aliphatic rings. The van der Waals surface area contributed by atoms with Crippen molar-refractivity contribution in [3.63, 3.8) is 0 Å². The Balaban J connectivity index is 3.06. The third-order valence-corrected chi connectivity index (χ3v) is 0.625. The van der Waals surface area contributed by atoms with E-state index in [0.29, 0.717) is 6.61 Å². The highest BCUT2D eigenvalue weighted by molar-refractivity contribution is 5.59. The van der Waals surface area contributed by atoms with Crippen LogP contribution in [0, 0.1) is 0 Å². The Labute approximate surface area is 53.9 Å². The Morgan fingerprint density at radius 1 is 1.56 bits per heavy atom. The largest absolute Gasteiger partial charge is 0.509 e. The quantitative estimate of drug-likeness (QED) is 0.449. The van der Waals surface area contributed by atoms with Crippen LogP contribution in [0.3, 0.4) is 0 Å². The average Bonchev–Trinajstić information content (AvgIpc) is 1.85. The Morgan fingerprint density at radius 2 is 2.22 bits per heavy atom. The number of carbonyl (C=O) groups excluding carboxylic acids is 1. The molecular weight excluding hydrogens is 122 g/mol. The van der Waals surface area contributed by atoms with Gasteiger partial charge in [-0.25, -0.2) is 4.79 Å². The minimum absolute atomic E-state index is 0.122. The first-order valence-corrected chi connectivity index (χ1v) is 2.81. The van der Waals surface area contributed by atoms with Gasteiger partial charge >= 0.3 is 6.16 Å². The van der Waals surface area contributed by atoms with Crippen LogP contribution >= 0.6 is 0 Å². The zero-order valence-electron chi connectivity index (χ0n) is 5.42. The predicted molar refractivity (Wildman–Crippen MR) is 31.8 cm³/mol. The van der Waals surface area contributed by atoms with Crippen molar-refractivity contribution in [1.82, 2.24) is 0 Å². The highest BCUT2D eigenvalue weighted by Crippen LogP contribution is 1.84. The molecule has 54 valence electrons. The van der Waals surface area contributed by atoms with Gasteiger partial charge < -0.3 is 9.47 Å².